The number of hydrogen-bond acceptors (Lipinski definition) is 5. The van der Waals surface area contributed by atoms with Crippen LogP contribution < -0.4 is 15.4 Å². The largest absolute Gasteiger partial charge is 0.497 e. The Morgan fingerprint density at radius 1 is 0.969 bits per heavy atom. The molecule has 0 spiro atoms. The number of thiophene rings is 2. The van der Waals surface area contributed by atoms with Crippen LogP contribution in [0, 0.1) is 11.8 Å². The Morgan fingerprint density at radius 2 is 1.72 bits per heavy atom. The van der Waals surface area contributed by atoms with Crippen molar-refractivity contribution in [3.63, 3.8) is 0 Å². The zero-order valence-electron chi connectivity index (χ0n) is 18.1. The van der Waals surface area contributed by atoms with Crippen LogP contribution in [-0.4, -0.2) is 25.5 Å². The Balaban J connectivity index is 1.24. The van der Waals surface area contributed by atoms with Crippen LogP contribution in [0.5, 0.6) is 5.75 Å². The highest BCUT2D eigenvalue weighted by atomic mass is 32.1. The number of benzene rings is 1. The van der Waals surface area contributed by atoms with E-state index in [1.807, 2.05) is 30.3 Å². The van der Waals surface area contributed by atoms with Crippen LogP contribution in [0.4, 0.5) is 0 Å². The average Bonchev–Trinajstić information content (AvgIpc) is 3.59. The first-order chi connectivity index (χ1) is 15.6. The minimum absolute atomic E-state index is 0.00716. The molecular formula is C25H28N2O3S2. The monoisotopic (exact) mass is 468 g/mol. The molecule has 0 aliphatic heterocycles. The molecule has 1 aliphatic carbocycles. The summed E-state index contributed by atoms with van der Waals surface area (Å²) < 4.78 is 5.17. The minimum atomic E-state index is -0.243. The summed E-state index contributed by atoms with van der Waals surface area (Å²) in [7, 11) is 1.65. The van der Waals surface area contributed by atoms with Gasteiger partial charge in [-0.15, -0.1) is 22.7 Å². The number of rotatable bonds is 9. The lowest BCUT2D eigenvalue weighted by Crippen LogP contribution is -2.40. The maximum Gasteiger partial charge on any atom is 0.224 e. The fourth-order valence-electron chi connectivity index (χ4n) is 4.17. The number of nitrogens with one attached hydrogen (secondary N) is 2. The third-order valence-electron chi connectivity index (χ3n) is 5.92. The minimum Gasteiger partial charge on any atom is -0.497 e. The standard InChI is InChI=1S/C25H28N2O3S2/c1-30-18-9-7-17(8-10-18)13-14-26-24(28)20-4-2-5-21(20)25(29)27-16-19-11-12-23(32-19)22-6-3-15-31-22/h3,6-12,15,20-21H,2,4-5,13-14,16H2,1H3,(H,26,28)(H,27,29)/t20-,21?/m1/s1. The number of ether oxygens (including phenoxy) is 1. The molecule has 0 saturated heterocycles. The van der Waals surface area contributed by atoms with Gasteiger partial charge in [-0.3, -0.25) is 9.59 Å². The molecule has 1 aliphatic rings. The van der Waals surface area contributed by atoms with E-state index in [0.717, 1.165) is 41.9 Å². The molecule has 7 heteroatoms. The Labute approximate surface area is 196 Å². The van der Waals surface area contributed by atoms with Gasteiger partial charge in [0, 0.05) is 33.0 Å². The van der Waals surface area contributed by atoms with Crippen LogP contribution in [0.25, 0.3) is 9.75 Å². The predicted molar refractivity (Wildman–Crippen MR) is 130 cm³/mol. The van der Waals surface area contributed by atoms with Crippen molar-refractivity contribution in [2.45, 2.75) is 32.2 Å². The number of carbonyl (C=O) groups excluding carboxylic acids is 2. The number of hydrogen-bond donors (Lipinski definition) is 2. The van der Waals surface area contributed by atoms with Gasteiger partial charge in [-0.1, -0.05) is 24.6 Å². The van der Waals surface area contributed by atoms with Gasteiger partial charge in [0.25, 0.3) is 0 Å². The molecule has 2 heterocycles. The van der Waals surface area contributed by atoms with E-state index >= 15 is 0 Å². The number of carbonyl (C=O) groups is 2. The summed E-state index contributed by atoms with van der Waals surface area (Å²) in [5.74, 6) is 0.322. The maximum absolute atomic E-state index is 12.8. The van der Waals surface area contributed by atoms with Gasteiger partial charge >= 0.3 is 0 Å². The summed E-state index contributed by atoms with van der Waals surface area (Å²) in [6.45, 7) is 1.08. The van der Waals surface area contributed by atoms with Gasteiger partial charge in [0.05, 0.1) is 13.7 Å². The second-order valence-electron chi connectivity index (χ2n) is 7.99. The van der Waals surface area contributed by atoms with E-state index in [1.165, 1.54) is 9.75 Å². The smallest absolute Gasteiger partial charge is 0.224 e. The second kappa shape index (κ2) is 10.8. The molecule has 3 aromatic rings. The van der Waals surface area contributed by atoms with E-state index in [4.69, 9.17) is 4.74 Å². The molecule has 1 fully saturated rings. The van der Waals surface area contributed by atoms with Gasteiger partial charge in [-0.05, 0) is 60.5 Å². The molecule has 0 bridgehead atoms. The molecule has 2 atom stereocenters. The highest BCUT2D eigenvalue weighted by Gasteiger charge is 2.37. The number of amides is 2. The summed E-state index contributed by atoms with van der Waals surface area (Å²) in [5, 5.41) is 8.16. The summed E-state index contributed by atoms with van der Waals surface area (Å²) in [4.78, 5) is 29.2. The molecule has 1 aromatic carbocycles. The van der Waals surface area contributed by atoms with Crippen LogP contribution in [-0.2, 0) is 22.6 Å². The quantitative estimate of drug-likeness (QED) is 0.471. The molecule has 4 rings (SSSR count). The Bertz CT molecular complexity index is 1030. The van der Waals surface area contributed by atoms with Crippen LogP contribution in [0.3, 0.4) is 0 Å². The zero-order chi connectivity index (χ0) is 22.3. The molecule has 2 aromatic heterocycles. The Morgan fingerprint density at radius 3 is 2.41 bits per heavy atom. The Hall–Kier alpha value is -2.64. The summed E-state index contributed by atoms with van der Waals surface area (Å²) >= 11 is 3.42. The van der Waals surface area contributed by atoms with E-state index in [0.29, 0.717) is 13.1 Å². The molecule has 1 unspecified atom stereocenters. The zero-order valence-corrected chi connectivity index (χ0v) is 19.8. The molecule has 168 valence electrons. The van der Waals surface area contributed by atoms with Gasteiger partial charge in [-0.25, -0.2) is 0 Å². The van der Waals surface area contributed by atoms with Crippen molar-refractivity contribution in [2.24, 2.45) is 11.8 Å². The fourth-order valence-corrected chi connectivity index (χ4v) is 5.95. The van der Waals surface area contributed by atoms with Gasteiger partial charge < -0.3 is 15.4 Å². The van der Waals surface area contributed by atoms with E-state index in [1.54, 1.807) is 29.8 Å². The molecule has 1 saturated carbocycles. The maximum atomic E-state index is 12.8. The van der Waals surface area contributed by atoms with Gasteiger partial charge in [0.15, 0.2) is 0 Å². The lowest BCUT2D eigenvalue weighted by atomic mass is 9.94. The molecule has 2 N–H and O–H groups in total. The first-order valence-electron chi connectivity index (χ1n) is 10.9. The van der Waals surface area contributed by atoms with Crippen LogP contribution in [0.15, 0.2) is 53.9 Å². The average molecular weight is 469 g/mol. The first kappa shape index (κ1) is 22.6. The SMILES string of the molecule is COc1ccc(CCNC(=O)[C@@H]2CCCC2C(=O)NCc2ccc(-c3cccs3)s2)cc1. The van der Waals surface area contributed by atoms with E-state index in [2.05, 4.69) is 34.2 Å². The van der Waals surface area contributed by atoms with Crippen molar-refractivity contribution in [1.82, 2.24) is 10.6 Å². The second-order valence-corrected chi connectivity index (χ2v) is 10.1. The normalized spacial score (nSPS) is 17.8. The van der Waals surface area contributed by atoms with Crippen molar-refractivity contribution in [1.29, 1.82) is 0 Å². The van der Waals surface area contributed by atoms with Crippen molar-refractivity contribution < 1.29 is 14.3 Å². The van der Waals surface area contributed by atoms with Crippen LogP contribution >= 0.6 is 22.7 Å². The fraction of sp³-hybridized carbons (Fsp3) is 0.360. The van der Waals surface area contributed by atoms with Crippen molar-refractivity contribution in [3.8, 4) is 15.5 Å². The molecule has 0 radical (unpaired) electrons. The predicted octanol–water partition coefficient (Wildman–Crippen LogP) is 4.88. The first-order valence-corrected chi connectivity index (χ1v) is 12.6. The highest BCUT2D eigenvalue weighted by molar-refractivity contribution is 7.21. The van der Waals surface area contributed by atoms with Crippen LogP contribution in [0.1, 0.15) is 29.7 Å². The van der Waals surface area contributed by atoms with Crippen molar-refractivity contribution in [2.75, 3.05) is 13.7 Å². The molecule has 2 amide bonds. The van der Waals surface area contributed by atoms with Crippen LogP contribution in [0.2, 0.25) is 0 Å². The molecule has 5 nitrogen and oxygen atoms in total. The third-order valence-corrected chi connectivity index (χ3v) is 8.07. The third kappa shape index (κ3) is 5.58. The summed E-state index contributed by atoms with van der Waals surface area (Å²) in [5.41, 5.74) is 1.14. The Kier molecular flexibility index (Phi) is 7.60. The number of methoxy groups -OCH3 is 1. The molecule has 32 heavy (non-hydrogen) atoms. The summed E-state index contributed by atoms with van der Waals surface area (Å²) in [6, 6.07) is 16.2. The molecular weight excluding hydrogens is 440 g/mol. The summed E-state index contributed by atoms with van der Waals surface area (Å²) in [6.07, 6.45) is 3.21. The van der Waals surface area contributed by atoms with Crippen molar-refractivity contribution >= 4 is 34.5 Å². The topological polar surface area (TPSA) is 67.4 Å². The van der Waals surface area contributed by atoms with E-state index in [9.17, 15) is 9.59 Å². The lowest BCUT2D eigenvalue weighted by Gasteiger charge is -2.18. The van der Waals surface area contributed by atoms with E-state index < -0.39 is 0 Å². The van der Waals surface area contributed by atoms with Gasteiger partial charge in [0.1, 0.15) is 5.75 Å². The van der Waals surface area contributed by atoms with Crippen molar-refractivity contribution in [3.05, 3.63) is 64.4 Å². The van der Waals surface area contributed by atoms with E-state index in [-0.39, 0.29) is 23.7 Å². The lowest BCUT2D eigenvalue weighted by molar-refractivity contribution is -0.133. The van der Waals surface area contributed by atoms with Gasteiger partial charge in [-0.2, -0.15) is 0 Å². The highest BCUT2D eigenvalue weighted by Crippen LogP contribution is 2.33. The van der Waals surface area contributed by atoms with Gasteiger partial charge in [0.2, 0.25) is 11.8 Å².